The van der Waals surface area contributed by atoms with Gasteiger partial charge < -0.3 is 0 Å². The Hall–Kier alpha value is -1.56. The molecule has 0 nitrogen and oxygen atoms in total. The van der Waals surface area contributed by atoms with E-state index >= 15 is 0 Å². The topological polar surface area (TPSA) is 0 Å². The molecule has 1 aliphatic carbocycles. The molecule has 0 heteroatoms. The largest absolute Gasteiger partial charge is 0.0654 e. The lowest BCUT2D eigenvalue weighted by atomic mass is 9.73. The summed E-state index contributed by atoms with van der Waals surface area (Å²) >= 11 is 0. The SMILES string of the molecule is CCCC1CCC(C(C)Cc2ccc(-c3ccc(CC)cc3)cc2)CC1. The summed E-state index contributed by atoms with van der Waals surface area (Å²) in [5.74, 6) is 2.76. The molecule has 0 heterocycles. The van der Waals surface area contributed by atoms with Gasteiger partial charge in [0.25, 0.3) is 0 Å². The van der Waals surface area contributed by atoms with Crippen molar-refractivity contribution in [3.63, 3.8) is 0 Å². The van der Waals surface area contributed by atoms with Crippen LogP contribution < -0.4 is 0 Å². The van der Waals surface area contributed by atoms with E-state index in [0.717, 1.165) is 24.2 Å². The number of hydrogen-bond donors (Lipinski definition) is 0. The van der Waals surface area contributed by atoms with Crippen LogP contribution in [0.3, 0.4) is 0 Å². The van der Waals surface area contributed by atoms with E-state index in [1.54, 1.807) is 0 Å². The van der Waals surface area contributed by atoms with Gasteiger partial charge in [0, 0.05) is 0 Å². The average molecular weight is 349 g/mol. The van der Waals surface area contributed by atoms with E-state index < -0.39 is 0 Å². The van der Waals surface area contributed by atoms with Gasteiger partial charge in [-0.3, -0.25) is 0 Å². The molecule has 0 spiro atoms. The molecule has 1 unspecified atom stereocenters. The zero-order valence-corrected chi connectivity index (χ0v) is 17.0. The summed E-state index contributed by atoms with van der Waals surface area (Å²) in [5.41, 5.74) is 5.58. The van der Waals surface area contributed by atoms with Crippen LogP contribution in [0, 0.1) is 17.8 Å². The highest BCUT2D eigenvalue weighted by molar-refractivity contribution is 5.63. The number of hydrogen-bond acceptors (Lipinski definition) is 0. The second kappa shape index (κ2) is 9.40. The first-order chi connectivity index (χ1) is 12.7. The van der Waals surface area contributed by atoms with Crippen molar-refractivity contribution >= 4 is 0 Å². The van der Waals surface area contributed by atoms with Crippen molar-refractivity contribution in [2.75, 3.05) is 0 Å². The van der Waals surface area contributed by atoms with E-state index in [-0.39, 0.29) is 0 Å². The van der Waals surface area contributed by atoms with Crippen LogP contribution in [-0.4, -0.2) is 0 Å². The molecular weight excluding hydrogens is 312 g/mol. The van der Waals surface area contributed by atoms with Crippen molar-refractivity contribution in [3.05, 3.63) is 59.7 Å². The molecule has 0 bridgehead atoms. The Labute approximate surface area is 161 Å². The van der Waals surface area contributed by atoms with Crippen LogP contribution in [0.25, 0.3) is 11.1 Å². The van der Waals surface area contributed by atoms with Crippen LogP contribution in [0.5, 0.6) is 0 Å². The summed E-state index contributed by atoms with van der Waals surface area (Å²) in [5, 5.41) is 0. The maximum atomic E-state index is 2.47. The van der Waals surface area contributed by atoms with Gasteiger partial charge in [-0.2, -0.15) is 0 Å². The van der Waals surface area contributed by atoms with Crippen molar-refractivity contribution in [1.29, 1.82) is 0 Å². The molecule has 0 N–H and O–H groups in total. The smallest absolute Gasteiger partial charge is 0.0184 e. The third kappa shape index (κ3) is 5.00. The zero-order chi connectivity index (χ0) is 18.4. The van der Waals surface area contributed by atoms with Crippen LogP contribution in [0.15, 0.2) is 48.5 Å². The summed E-state index contributed by atoms with van der Waals surface area (Å²) in [4.78, 5) is 0. The fourth-order valence-corrected chi connectivity index (χ4v) is 4.76. The Bertz CT molecular complexity index is 641. The molecule has 3 rings (SSSR count). The number of aryl methyl sites for hydroxylation is 1. The van der Waals surface area contributed by atoms with E-state index in [2.05, 4.69) is 69.3 Å². The molecule has 2 aromatic carbocycles. The van der Waals surface area contributed by atoms with Crippen LogP contribution in [0.1, 0.15) is 70.4 Å². The van der Waals surface area contributed by atoms with Gasteiger partial charge in [-0.05, 0) is 65.7 Å². The molecule has 1 saturated carbocycles. The lowest BCUT2D eigenvalue weighted by molar-refractivity contribution is 0.206. The molecule has 1 aliphatic rings. The Kier molecular flexibility index (Phi) is 6.94. The van der Waals surface area contributed by atoms with E-state index in [0.29, 0.717) is 0 Å². The second-order valence-corrected chi connectivity index (χ2v) is 8.50. The summed E-state index contributed by atoms with van der Waals surface area (Å²) in [6.45, 7) is 7.01. The molecule has 0 radical (unpaired) electrons. The Morgan fingerprint density at radius 2 is 1.31 bits per heavy atom. The monoisotopic (exact) mass is 348 g/mol. The van der Waals surface area contributed by atoms with Gasteiger partial charge in [-0.15, -0.1) is 0 Å². The predicted molar refractivity (Wildman–Crippen MR) is 114 cm³/mol. The highest BCUT2D eigenvalue weighted by Gasteiger charge is 2.24. The first kappa shape index (κ1) is 19.2. The molecule has 2 aromatic rings. The molecule has 1 fully saturated rings. The van der Waals surface area contributed by atoms with Gasteiger partial charge in [0.05, 0.1) is 0 Å². The Balaban J connectivity index is 1.55. The van der Waals surface area contributed by atoms with E-state index in [4.69, 9.17) is 0 Å². The summed E-state index contributed by atoms with van der Waals surface area (Å²) in [7, 11) is 0. The second-order valence-electron chi connectivity index (χ2n) is 8.50. The Morgan fingerprint density at radius 1 is 0.769 bits per heavy atom. The first-order valence-electron chi connectivity index (χ1n) is 10.9. The lowest BCUT2D eigenvalue weighted by Gasteiger charge is -2.32. The average Bonchev–Trinajstić information content (AvgIpc) is 2.69. The van der Waals surface area contributed by atoms with E-state index in [9.17, 15) is 0 Å². The lowest BCUT2D eigenvalue weighted by Crippen LogP contribution is -2.21. The quantitative estimate of drug-likeness (QED) is 0.481. The fraction of sp³-hybridized carbons (Fsp3) is 0.538. The molecule has 0 aliphatic heterocycles. The van der Waals surface area contributed by atoms with Crippen LogP contribution in [0.2, 0.25) is 0 Å². The van der Waals surface area contributed by atoms with Crippen LogP contribution >= 0.6 is 0 Å². The molecular formula is C26H36. The van der Waals surface area contributed by atoms with Crippen molar-refractivity contribution in [2.24, 2.45) is 17.8 Å². The highest BCUT2D eigenvalue weighted by Crippen LogP contribution is 2.36. The minimum Gasteiger partial charge on any atom is -0.0654 e. The highest BCUT2D eigenvalue weighted by atomic mass is 14.3. The fourth-order valence-electron chi connectivity index (χ4n) is 4.76. The molecule has 26 heavy (non-hydrogen) atoms. The first-order valence-corrected chi connectivity index (χ1v) is 10.9. The van der Waals surface area contributed by atoms with E-state index in [1.807, 2.05) is 0 Å². The maximum Gasteiger partial charge on any atom is -0.0184 e. The third-order valence-electron chi connectivity index (χ3n) is 6.60. The van der Waals surface area contributed by atoms with Gasteiger partial charge in [-0.25, -0.2) is 0 Å². The summed E-state index contributed by atoms with van der Waals surface area (Å²) in [6.07, 6.45) is 11.0. The molecule has 0 aromatic heterocycles. The molecule has 1 atom stereocenters. The van der Waals surface area contributed by atoms with Gasteiger partial charge in [0.2, 0.25) is 0 Å². The van der Waals surface area contributed by atoms with Gasteiger partial charge >= 0.3 is 0 Å². The van der Waals surface area contributed by atoms with Crippen LogP contribution in [0.4, 0.5) is 0 Å². The van der Waals surface area contributed by atoms with Crippen molar-refractivity contribution in [3.8, 4) is 11.1 Å². The van der Waals surface area contributed by atoms with E-state index in [1.165, 1.54) is 67.2 Å². The van der Waals surface area contributed by atoms with Gasteiger partial charge in [0.15, 0.2) is 0 Å². The van der Waals surface area contributed by atoms with Crippen molar-refractivity contribution in [2.45, 2.75) is 72.1 Å². The zero-order valence-electron chi connectivity index (χ0n) is 17.0. The minimum absolute atomic E-state index is 0.812. The van der Waals surface area contributed by atoms with Crippen molar-refractivity contribution < 1.29 is 0 Å². The predicted octanol–water partition coefficient (Wildman–Crippen LogP) is 7.70. The maximum absolute atomic E-state index is 2.47. The summed E-state index contributed by atoms with van der Waals surface area (Å²) in [6, 6.07) is 18.3. The minimum atomic E-state index is 0.812. The normalized spacial score (nSPS) is 21.5. The Morgan fingerprint density at radius 3 is 1.81 bits per heavy atom. The molecule has 140 valence electrons. The standard InChI is InChI=1S/C26H36/c1-4-6-22-9-13-24(14-10-22)20(3)19-23-11-17-26(18-12-23)25-15-7-21(5-2)8-16-25/h7-8,11-12,15-18,20,22,24H,4-6,9-10,13-14,19H2,1-3H3. The molecule has 0 amide bonds. The van der Waals surface area contributed by atoms with Crippen LogP contribution in [-0.2, 0) is 12.8 Å². The van der Waals surface area contributed by atoms with Crippen molar-refractivity contribution in [1.82, 2.24) is 0 Å². The number of rotatable bonds is 7. The third-order valence-corrected chi connectivity index (χ3v) is 6.60. The van der Waals surface area contributed by atoms with Gasteiger partial charge in [-0.1, -0.05) is 95.0 Å². The van der Waals surface area contributed by atoms with Gasteiger partial charge in [0.1, 0.15) is 0 Å². The number of benzene rings is 2. The molecule has 0 saturated heterocycles. The summed E-state index contributed by atoms with van der Waals surface area (Å²) < 4.78 is 0.